The molecule has 5 aromatic rings. The number of fused-ring (bicyclic) bond motifs is 1. The molecule has 0 fully saturated rings. The lowest BCUT2D eigenvalue weighted by Crippen LogP contribution is -2.04. The van der Waals surface area contributed by atoms with Gasteiger partial charge in [-0.2, -0.15) is 0 Å². The summed E-state index contributed by atoms with van der Waals surface area (Å²) < 4.78 is 12.9. The molecule has 3 aromatic heterocycles. The van der Waals surface area contributed by atoms with Gasteiger partial charge in [0, 0.05) is 23.2 Å². The topological polar surface area (TPSA) is 83.0 Å². The summed E-state index contributed by atoms with van der Waals surface area (Å²) in [5.74, 6) is 0.0859. The number of hydrogen-bond donors (Lipinski definition) is 0. The molecule has 5 rings (SSSR count). The first-order valence-corrected chi connectivity index (χ1v) is 10.7. The van der Waals surface area contributed by atoms with E-state index in [4.69, 9.17) is 32.4 Å². The first-order chi connectivity index (χ1) is 16.0. The molecule has 164 valence electrons. The summed E-state index contributed by atoms with van der Waals surface area (Å²) in [6.45, 7) is 0.440. The van der Waals surface area contributed by atoms with Crippen molar-refractivity contribution in [2.45, 2.75) is 6.54 Å². The van der Waals surface area contributed by atoms with Gasteiger partial charge in [-0.15, -0.1) is 10.2 Å². The molecule has 0 bridgehead atoms. The Balaban J connectivity index is 1.61. The van der Waals surface area contributed by atoms with Crippen LogP contribution in [-0.4, -0.2) is 32.6 Å². The van der Waals surface area contributed by atoms with E-state index in [1.165, 1.54) is 0 Å². The Morgan fingerprint density at radius 3 is 2.61 bits per heavy atom. The van der Waals surface area contributed by atoms with E-state index in [-0.39, 0.29) is 22.5 Å². The molecule has 0 aliphatic carbocycles. The molecule has 7 nitrogen and oxygen atoms in total. The van der Waals surface area contributed by atoms with Gasteiger partial charge < -0.3 is 13.7 Å². The fraction of sp³-hybridized carbons (Fsp3) is 0.0833. The fourth-order valence-electron chi connectivity index (χ4n) is 3.59. The van der Waals surface area contributed by atoms with Gasteiger partial charge >= 0.3 is 0 Å². The number of benzene rings is 2. The summed E-state index contributed by atoms with van der Waals surface area (Å²) in [7, 11) is 1.56. The maximum absolute atomic E-state index is 13.5. The molecule has 0 amide bonds. The first-order valence-electron chi connectivity index (χ1n) is 9.95. The van der Waals surface area contributed by atoms with Gasteiger partial charge in [0.1, 0.15) is 16.6 Å². The minimum absolute atomic E-state index is 0.151. The number of ketones is 1. The minimum Gasteiger partial charge on any atom is -0.497 e. The SMILES string of the molecule is COc1ccc2c(c1)c(C(=O)c1nnc(-c3ccccn3)o1)c(Cl)n2Cc1ccc(Cl)cc1. The molecule has 9 heteroatoms. The lowest BCUT2D eigenvalue weighted by atomic mass is 10.1. The van der Waals surface area contributed by atoms with Gasteiger partial charge in [-0.05, 0) is 48.0 Å². The third kappa shape index (κ3) is 3.97. The van der Waals surface area contributed by atoms with Gasteiger partial charge in [0.2, 0.25) is 0 Å². The van der Waals surface area contributed by atoms with E-state index in [9.17, 15) is 4.79 Å². The Morgan fingerprint density at radius 1 is 1.06 bits per heavy atom. The minimum atomic E-state index is -0.484. The maximum Gasteiger partial charge on any atom is 0.289 e. The molecule has 0 aliphatic rings. The van der Waals surface area contributed by atoms with Crippen LogP contribution >= 0.6 is 23.2 Å². The highest BCUT2D eigenvalue weighted by Gasteiger charge is 2.27. The van der Waals surface area contributed by atoms with E-state index in [0.29, 0.717) is 28.4 Å². The van der Waals surface area contributed by atoms with Gasteiger partial charge in [-0.1, -0.05) is 41.4 Å². The second-order valence-electron chi connectivity index (χ2n) is 7.22. The number of methoxy groups -OCH3 is 1. The van der Waals surface area contributed by atoms with E-state index in [2.05, 4.69) is 15.2 Å². The smallest absolute Gasteiger partial charge is 0.289 e. The van der Waals surface area contributed by atoms with Crippen molar-refractivity contribution in [3.8, 4) is 17.3 Å². The second kappa shape index (κ2) is 8.69. The number of halogens is 2. The number of carbonyl (C=O) groups excluding carboxylic acids is 1. The molecule has 3 heterocycles. The Labute approximate surface area is 198 Å². The van der Waals surface area contributed by atoms with Crippen molar-refractivity contribution in [1.82, 2.24) is 19.7 Å². The van der Waals surface area contributed by atoms with Crippen LogP contribution in [0, 0.1) is 0 Å². The molecule has 0 spiro atoms. The van der Waals surface area contributed by atoms with Crippen molar-refractivity contribution >= 4 is 39.9 Å². The van der Waals surface area contributed by atoms with E-state index in [1.807, 2.05) is 41.0 Å². The van der Waals surface area contributed by atoms with Crippen LogP contribution in [0.15, 0.2) is 71.3 Å². The zero-order valence-corrected chi connectivity index (χ0v) is 18.8. The van der Waals surface area contributed by atoms with Crippen molar-refractivity contribution in [3.63, 3.8) is 0 Å². The Hall–Kier alpha value is -3.68. The van der Waals surface area contributed by atoms with Crippen molar-refractivity contribution in [2.75, 3.05) is 7.11 Å². The van der Waals surface area contributed by atoms with Crippen molar-refractivity contribution in [3.05, 3.63) is 94.1 Å². The summed E-state index contributed by atoms with van der Waals surface area (Å²) >= 11 is 12.8. The fourth-order valence-corrected chi connectivity index (χ4v) is 4.05. The summed E-state index contributed by atoms with van der Waals surface area (Å²) in [5, 5.41) is 9.44. The molecule has 0 saturated heterocycles. The van der Waals surface area contributed by atoms with Crippen LogP contribution < -0.4 is 4.74 Å². The lowest BCUT2D eigenvalue weighted by Gasteiger charge is -2.08. The van der Waals surface area contributed by atoms with E-state index < -0.39 is 5.78 Å². The Morgan fingerprint density at radius 2 is 1.88 bits per heavy atom. The predicted octanol–water partition coefficient (Wildman–Crippen LogP) is 5.68. The van der Waals surface area contributed by atoms with Crippen LogP contribution in [-0.2, 0) is 6.54 Å². The van der Waals surface area contributed by atoms with Crippen molar-refractivity contribution < 1.29 is 13.9 Å². The van der Waals surface area contributed by atoms with E-state index in [0.717, 1.165) is 11.1 Å². The average molecular weight is 479 g/mol. The van der Waals surface area contributed by atoms with Crippen molar-refractivity contribution in [2.24, 2.45) is 0 Å². The molecule has 33 heavy (non-hydrogen) atoms. The van der Waals surface area contributed by atoms with Crippen LogP contribution in [0.4, 0.5) is 0 Å². The average Bonchev–Trinajstić information content (AvgIpc) is 3.44. The third-order valence-corrected chi connectivity index (χ3v) is 5.84. The molecular formula is C24H16Cl2N4O3. The molecular weight excluding hydrogens is 463 g/mol. The zero-order valence-electron chi connectivity index (χ0n) is 17.3. The molecule has 0 atom stereocenters. The number of aromatic nitrogens is 4. The largest absolute Gasteiger partial charge is 0.497 e. The van der Waals surface area contributed by atoms with E-state index in [1.54, 1.807) is 37.6 Å². The molecule has 0 N–H and O–H groups in total. The molecule has 2 aromatic carbocycles. The van der Waals surface area contributed by atoms with Gasteiger partial charge in [-0.3, -0.25) is 9.78 Å². The summed E-state index contributed by atoms with van der Waals surface area (Å²) in [4.78, 5) is 17.6. The van der Waals surface area contributed by atoms with Crippen LogP contribution in [0.25, 0.3) is 22.5 Å². The number of carbonyl (C=O) groups is 1. The number of hydrogen-bond acceptors (Lipinski definition) is 6. The summed E-state index contributed by atoms with van der Waals surface area (Å²) in [6.07, 6.45) is 1.61. The maximum atomic E-state index is 13.5. The molecule has 0 saturated carbocycles. The summed E-state index contributed by atoms with van der Waals surface area (Å²) in [5.41, 5.74) is 2.48. The summed E-state index contributed by atoms with van der Waals surface area (Å²) in [6, 6.07) is 18.2. The van der Waals surface area contributed by atoms with Crippen LogP contribution in [0.2, 0.25) is 10.2 Å². The van der Waals surface area contributed by atoms with Gasteiger partial charge in [0.25, 0.3) is 17.6 Å². The third-order valence-electron chi connectivity index (χ3n) is 5.19. The van der Waals surface area contributed by atoms with Crippen molar-refractivity contribution in [1.29, 1.82) is 0 Å². The predicted molar refractivity (Wildman–Crippen MR) is 125 cm³/mol. The van der Waals surface area contributed by atoms with E-state index >= 15 is 0 Å². The van der Waals surface area contributed by atoms with Crippen LogP contribution in [0.5, 0.6) is 5.75 Å². The normalized spacial score (nSPS) is 11.1. The van der Waals surface area contributed by atoms with Crippen LogP contribution in [0.1, 0.15) is 21.8 Å². The standard InChI is InChI=1S/C24H16Cl2N4O3/c1-32-16-9-10-19-17(12-16)20(22(26)30(19)13-14-5-7-15(25)8-6-14)21(31)24-29-28-23(33-24)18-4-2-3-11-27-18/h2-12H,13H2,1H3. The monoisotopic (exact) mass is 478 g/mol. The second-order valence-corrected chi connectivity index (χ2v) is 8.01. The first kappa shape index (κ1) is 21.2. The highest BCUT2D eigenvalue weighted by molar-refractivity contribution is 6.36. The molecule has 0 unspecified atom stereocenters. The Kier molecular flexibility index (Phi) is 5.58. The lowest BCUT2D eigenvalue weighted by molar-refractivity contribution is 0.100. The quantitative estimate of drug-likeness (QED) is 0.292. The molecule has 0 radical (unpaired) electrons. The number of pyridine rings is 1. The highest BCUT2D eigenvalue weighted by Crippen LogP contribution is 2.35. The Bertz CT molecular complexity index is 1460. The number of ether oxygens (including phenoxy) is 1. The molecule has 0 aliphatic heterocycles. The van der Waals surface area contributed by atoms with Gasteiger partial charge in [0.05, 0.1) is 18.2 Å². The van der Waals surface area contributed by atoms with Gasteiger partial charge in [0.15, 0.2) is 0 Å². The van der Waals surface area contributed by atoms with Crippen LogP contribution in [0.3, 0.4) is 0 Å². The number of nitrogens with zero attached hydrogens (tertiary/aromatic N) is 4. The zero-order chi connectivity index (χ0) is 22.9. The highest BCUT2D eigenvalue weighted by atomic mass is 35.5. The number of rotatable bonds is 6. The van der Waals surface area contributed by atoms with Gasteiger partial charge in [-0.25, -0.2) is 0 Å².